The van der Waals surface area contributed by atoms with Crippen molar-refractivity contribution in [3.8, 4) is 6.07 Å². The van der Waals surface area contributed by atoms with E-state index in [4.69, 9.17) is 10.00 Å². The minimum atomic E-state index is -0.413. The maximum absolute atomic E-state index is 13.8. The molecule has 1 N–H and O–H groups in total. The Kier molecular flexibility index (Phi) is 5.28. The third kappa shape index (κ3) is 4.00. The van der Waals surface area contributed by atoms with Crippen molar-refractivity contribution in [3.05, 3.63) is 35.1 Å². The van der Waals surface area contributed by atoms with E-state index >= 15 is 0 Å². The maximum atomic E-state index is 13.8. The number of benzene rings is 1. The summed E-state index contributed by atoms with van der Waals surface area (Å²) in [4.78, 5) is 2.32. The standard InChI is InChI=1S/C14H18FN3O/c15-14-12(10-16)2-1-3-13(14)11-17-4-5-18-6-8-19-9-7-18/h1-3,17H,4-9,11H2. The van der Waals surface area contributed by atoms with Gasteiger partial charge < -0.3 is 10.1 Å². The molecule has 1 fully saturated rings. The average molecular weight is 263 g/mol. The van der Waals surface area contributed by atoms with Gasteiger partial charge >= 0.3 is 0 Å². The van der Waals surface area contributed by atoms with Gasteiger partial charge in [0.15, 0.2) is 0 Å². The van der Waals surface area contributed by atoms with Crippen molar-refractivity contribution < 1.29 is 9.13 Å². The predicted molar refractivity (Wildman–Crippen MR) is 70.1 cm³/mol. The SMILES string of the molecule is N#Cc1cccc(CNCCN2CCOCC2)c1F. The van der Waals surface area contributed by atoms with E-state index in [1.165, 1.54) is 6.07 Å². The van der Waals surface area contributed by atoms with E-state index in [2.05, 4.69) is 10.2 Å². The zero-order valence-corrected chi connectivity index (χ0v) is 10.9. The highest BCUT2D eigenvalue weighted by Crippen LogP contribution is 2.11. The van der Waals surface area contributed by atoms with Gasteiger partial charge in [-0.2, -0.15) is 5.26 Å². The van der Waals surface area contributed by atoms with Crippen molar-refractivity contribution in [2.24, 2.45) is 0 Å². The Morgan fingerprint density at radius 2 is 2.16 bits per heavy atom. The monoisotopic (exact) mass is 263 g/mol. The molecule has 1 aromatic carbocycles. The molecule has 1 heterocycles. The van der Waals surface area contributed by atoms with E-state index in [1.54, 1.807) is 12.1 Å². The van der Waals surface area contributed by atoms with Crippen LogP contribution in [0, 0.1) is 17.1 Å². The number of nitrogens with one attached hydrogen (secondary N) is 1. The summed E-state index contributed by atoms with van der Waals surface area (Å²) in [5.74, 6) is -0.413. The molecule has 0 spiro atoms. The lowest BCUT2D eigenvalue weighted by Crippen LogP contribution is -2.40. The normalized spacial score (nSPS) is 16.2. The second-order valence-electron chi connectivity index (χ2n) is 4.52. The number of halogens is 1. The van der Waals surface area contributed by atoms with Crippen LogP contribution < -0.4 is 5.32 Å². The highest BCUT2D eigenvalue weighted by molar-refractivity contribution is 5.34. The van der Waals surface area contributed by atoms with Crippen LogP contribution in [-0.4, -0.2) is 44.3 Å². The number of hydrogen-bond acceptors (Lipinski definition) is 4. The summed E-state index contributed by atoms with van der Waals surface area (Å²) in [5.41, 5.74) is 0.647. The number of nitriles is 1. The van der Waals surface area contributed by atoms with Gasteiger partial charge in [0.2, 0.25) is 0 Å². The number of hydrogen-bond donors (Lipinski definition) is 1. The largest absolute Gasteiger partial charge is 0.379 e. The summed E-state index contributed by atoms with van der Waals surface area (Å²) in [6.45, 7) is 5.68. The predicted octanol–water partition coefficient (Wildman–Crippen LogP) is 1.12. The molecule has 0 saturated carbocycles. The van der Waals surface area contributed by atoms with Gasteiger partial charge in [0, 0.05) is 38.3 Å². The van der Waals surface area contributed by atoms with Crippen LogP contribution in [0.5, 0.6) is 0 Å². The van der Waals surface area contributed by atoms with Gasteiger partial charge in [-0.05, 0) is 6.07 Å². The highest BCUT2D eigenvalue weighted by atomic mass is 19.1. The minimum Gasteiger partial charge on any atom is -0.379 e. The Labute approximate surface area is 112 Å². The molecule has 19 heavy (non-hydrogen) atoms. The second-order valence-corrected chi connectivity index (χ2v) is 4.52. The lowest BCUT2D eigenvalue weighted by atomic mass is 10.1. The fourth-order valence-corrected chi connectivity index (χ4v) is 2.09. The Balaban J connectivity index is 1.75. The first-order valence-corrected chi connectivity index (χ1v) is 6.49. The molecule has 0 amide bonds. The first kappa shape index (κ1) is 13.9. The molecule has 4 nitrogen and oxygen atoms in total. The van der Waals surface area contributed by atoms with Crippen LogP contribution in [0.3, 0.4) is 0 Å². The minimum absolute atomic E-state index is 0.104. The summed E-state index contributed by atoms with van der Waals surface area (Å²) >= 11 is 0. The molecule has 1 aliphatic heterocycles. The van der Waals surface area contributed by atoms with E-state index in [0.717, 1.165) is 39.4 Å². The lowest BCUT2D eigenvalue weighted by molar-refractivity contribution is 0.0384. The Morgan fingerprint density at radius 1 is 1.37 bits per heavy atom. The van der Waals surface area contributed by atoms with Crippen LogP contribution in [-0.2, 0) is 11.3 Å². The Hall–Kier alpha value is -1.48. The zero-order chi connectivity index (χ0) is 13.5. The molecule has 1 aromatic rings. The van der Waals surface area contributed by atoms with E-state index < -0.39 is 5.82 Å². The van der Waals surface area contributed by atoms with Crippen molar-refractivity contribution in [1.82, 2.24) is 10.2 Å². The maximum Gasteiger partial charge on any atom is 0.145 e. The van der Waals surface area contributed by atoms with Crippen LogP contribution in [0.4, 0.5) is 4.39 Å². The van der Waals surface area contributed by atoms with Gasteiger partial charge in [0.1, 0.15) is 11.9 Å². The summed E-state index contributed by atoms with van der Waals surface area (Å²) < 4.78 is 19.0. The zero-order valence-electron chi connectivity index (χ0n) is 10.9. The van der Waals surface area contributed by atoms with E-state index in [1.807, 2.05) is 6.07 Å². The van der Waals surface area contributed by atoms with Crippen LogP contribution in [0.2, 0.25) is 0 Å². The molecule has 0 aromatic heterocycles. The molecule has 0 radical (unpaired) electrons. The number of rotatable bonds is 5. The Morgan fingerprint density at radius 3 is 2.89 bits per heavy atom. The molecule has 102 valence electrons. The van der Waals surface area contributed by atoms with Crippen LogP contribution in [0.1, 0.15) is 11.1 Å². The quantitative estimate of drug-likeness (QED) is 0.809. The van der Waals surface area contributed by atoms with Gasteiger partial charge in [0.05, 0.1) is 18.8 Å². The van der Waals surface area contributed by atoms with Crippen molar-refractivity contribution in [1.29, 1.82) is 5.26 Å². The molecule has 0 atom stereocenters. The fraction of sp³-hybridized carbons (Fsp3) is 0.500. The third-order valence-corrected chi connectivity index (χ3v) is 3.22. The molecular weight excluding hydrogens is 245 g/mol. The molecule has 0 unspecified atom stereocenters. The second kappa shape index (κ2) is 7.19. The van der Waals surface area contributed by atoms with Gasteiger partial charge in [-0.1, -0.05) is 12.1 Å². The molecular formula is C14H18FN3O. The number of morpholine rings is 1. The van der Waals surface area contributed by atoms with Gasteiger partial charge in [-0.25, -0.2) is 4.39 Å². The van der Waals surface area contributed by atoms with Crippen LogP contribution in [0.15, 0.2) is 18.2 Å². The summed E-state index contributed by atoms with van der Waals surface area (Å²) in [5, 5.41) is 12.0. The van der Waals surface area contributed by atoms with Crippen molar-refractivity contribution >= 4 is 0 Å². The third-order valence-electron chi connectivity index (χ3n) is 3.22. The van der Waals surface area contributed by atoms with Crippen LogP contribution in [0.25, 0.3) is 0 Å². The number of nitrogens with zero attached hydrogens (tertiary/aromatic N) is 2. The smallest absolute Gasteiger partial charge is 0.145 e. The van der Waals surface area contributed by atoms with Gasteiger partial charge in [0.25, 0.3) is 0 Å². The molecule has 5 heteroatoms. The Bertz CT molecular complexity index is 452. The summed E-state index contributed by atoms with van der Waals surface area (Å²) in [7, 11) is 0. The van der Waals surface area contributed by atoms with Crippen molar-refractivity contribution in [2.75, 3.05) is 39.4 Å². The summed E-state index contributed by atoms with van der Waals surface area (Å²) in [6.07, 6.45) is 0. The first-order chi connectivity index (χ1) is 9.31. The molecule has 2 rings (SSSR count). The van der Waals surface area contributed by atoms with E-state index in [9.17, 15) is 4.39 Å². The van der Waals surface area contributed by atoms with E-state index in [0.29, 0.717) is 12.1 Å². The van der Waals surface area contributed by atoms with Crippen LogP contribution >= 0.6 is 0 Å². The molecule has 1 aliphatic rings. The van der Waals surface area contributed by atoms with Gasteiger partial charge in [-0.3, -0.25) is 4.90 Å². The highest BCUT2D eigenvalue weighted by Gasteiger charge is 2.10. The lowest BCUT2D eigenvalue weighted by Gasteiger charge is -2.26. The van der Waals surface area contributed by atoms with Gasteiger partial charge in [-0.15, -0.1) is 0 Å². The first-order valence-electron chi connectivity index (χ1n) is 6.49. The summed E-state index contributed by atoms with van der Waals surface area (Å²) in [6, 6.07) is 6.76. The topological polar surface area (TPSA) is 48.3 Å². The average Bonchev–Trinajstić information content (AvgIpc) is 2.46. The van der Waals surface area contributed by atoms with E-state index in [-0.39, 0.29) is 5.56 Å². The van der Waals surface area contributed by atoms with Crippen molar-refractivity contribution in [2.45, 2.75) is 6.54 Å². The molecule has 0 bridgehead atoms. The fourth-order valence-electron chi connectivity index (χ4n) is 2.09. The van der Waals surface area contributed by atoms with Crippen molar-refractivity contribution in [3.63, 3.8) is 0 Å². The number of ether oxygens (including phenoxy) is 1. The molecule has 0 aliphatic carbocycles. The molecule has 1 saturated heterocycles.